The van der Waals surface area contributed by atoms with Crippen LogP contribution in [0, 0.1) is 0 Å². The van der Waals surface area contributed by atoms with E-state index < -0.39 is 0 Å². The molecule has 0 fully saturated rings. The third-order valence-corrected chi connectivity index (χ3v) is 3.47. The van der Waals surface area contributed by atoms with Crippen LogP contribution in [0.2, 0.25) is 0 Å². The minimum Gasteiger partial charge on any atom is -0.359 e. The first-order valence-corrected chi connectivity index (χ1v) is 6.96. The fourth-order valence-electron chi connectivity index (χ4n) is 2.42. The molecule has 0 radical (unpaired) electrons. The summed E-state index contributed by atoms with van der Waals surface area (Å²) < 4.78 is 0. The molecule has 1 aromatic carbocycles. The van der Waals surface area contributed by atoms with Gasteiger partial charge in [-0.2, -0.15) is 0 Å². The summed E-state index contributed by atoms with van der Waals surface area (Å²) >= 11 is 0. The van der Waals surface area contributed by atoms with Crippen molar-refractivity contribution in [2.45, 2.75) is 46.0 Å². The summed E-state index contributed by atoms with van der Waals surface area (Å²) in [5.41, 5.74) is 5.47. The Hall–Kier alpha value is -1.50. The Morgan fingerprint density at radius 3 is 2.72 bits per heavy atom. The minimum absolute atomic E-state index is 0.585. The van der Waals surface area contributed by atoms with Gasteiger partial charge in [0.25, 0.3) is 0 Å². The van der Waals surface area contributed by atoms with E-state index in [2.05, 4.69) is 62.5 Å². The third-order valence-electron chi connectivity index (χ3n) is 3.47. The monoisotopic (exact) mass is 241 g/mol. The highest BCUT2D eigenvalue weighted by Gasteiger charge is 2.07. The SMILES string of the molecule is CCc1ccc(NC2=CC=CCC2)cc1C(C)C. The van der Waals surface area contributed by atoms with E-state index in [9.17, 15) is 0 Å². The Balaban J connectivity index is 2.21. The molecule has 0 spiro atoms. The average molecular weight is 241 g/mol. The molecule has 0 unspecified atom stereocenters. The summed E-state index contributed by atoms with van der Waals surface area (Å²) in [7, 11) is 0. The maximum Gasteiger partial charge on any atom is 0.0384 e. The molecule has 0 amide bonds. The number of aryl methyl sites for hydroxylation is 1. The van der Waals surface area contributed by atoms with Gasteiger partial charge in [0.1, 0.15) is 0 Å². The first-order chi connectivity index (χ1) is 8.70. The summed E-state index contributed by atoms with van der Waals surface area (Å²) in [5, 5.41) is 3.54. The van der Waals surface area contributed by atoms with Gasteiger partial charge < -0.3 is 5.32 Å². The van der Waals surface area contributed by atoms with E-state index >= 15 is 0 Å². The van der Waals surface area contributed by atoms with Gasteiger partial charge in [-0.25, -0.2) is 0 Å². The molecule has 0 aliphatic heterocycles. The lowest BCUT2D eigenvalue weighted by Crippen LogP contribution is -2.03. The second-order valence-corrected chi connectivity index (χ2v) is 5.21. The summed E-state index contributed by atoms with van der Waals surface area (Å²) in [4.78, 5) is 0. The van der Waals surface area contributed by atoms with Crippen LogP contribution in [0.25, 0.3) is 0 Å². The fourth-order valence-corrected chi connectivity index (χ4v) is 2.42. The van der Waals surface area contributed by atoms with Crippen molar-refractivity contribution in [3.63, 3.8) is 0 Å². The minimum atomic E-state index is 0.585. The van der Waals surface area contributed by atoms with E-state index in [1.165, 1.54) is 22.5 Å². The van der Waals surface area contributed by atoms with Gasteiger partial charge in [0.15, 0.2) is 0 Å². The predicted octanol–water partition coefficient (Wildman–Crippen LogP) is 5.02. The van der Waals surface area contributed by atoms with Crippen molar-refractivity contribution in [1.82, 2.24) is 0 Å². The lowest BCUT2D eigenvalue weighted by Gasteiger charge is -2.17. The normalized spacial score (nSPS) is 14.8. The molecular weight excluding hydrogens is 218 g/mol. The van der Waals surface area contributed by atoms with Crippen LogP contribution in [0.15, 0.2) is 42.1 Å². The molecule has 0 saturated heterocycles. The number of hydrogen-bond donors (Lipinski definition) is 1. The first-order valence-electron chi connectivity index (χ1n) is 6.96. The van der Waals surface area contributed by atoms with Crippen LogP contribution in [-0.2, 0) is 6.42 Å². The van der Waals surface area contributed by atoms with Gasteiger partial charge in [0, 0.05) is 11.4 Å². The quantitative estimate of drug-likeness (QED) is 0.780. The fraction of sp³-hybridized carbons (Fsp3) is 0.412. The molecule has 0 aromatic heterocycles. The smallest absolute Gasteiger partial charge is 0.0384 e. The highest BCUT2D eigenvalue weighted by atomic mass is 14.9. The van der Waals surface area contributed by atoms with Crippen molar-refractivity contribution in [2.24, 2.45) is 0 Å². The molecule has 18 heavy (non-hydrogen) atoms. The zero-order valence-corrected chi connectivity index (χ0v) is 11.7. The summed E-state index contributed by atoms with van der Waals surface area (Å²) in [6, 6.07) is 6.77. The molecule has 0 saturated carbocycles. The first kappa shape index (κ1) is 12.9. The van der Waals surface area contributed by atoms with Crippen molar-refractivity contribution in [3.05, 3.63) is 53.3 Å². The maximum atomic E-state index is 3.54. The van der Waals surface area contributed by atoms with Crippen LogP contribution < -0.4 is 5.32 Å². The van der Waals surface area contributed by atoms with Crippen LogP contribution in [-0.4, -0.2) is 0 Å². The molecule has 1 heteroatoms. The molecule has 1 aliphatic rings. The molecule has 0 heterocycles. The average Bonchev–Trinajstić information content (AvgIpc) is 2.40. The number of benzene rings is 1. The van der Waals surface area contributed by atoms with Gasteiger partial charge in [-0.1, -0.05) is 39.0 Å². The van der Waals surface area contributed by atoms with E-state index in [0.29, 0.717) is 5.92 Å². The molecule has 1 N–H and O–H groups in total. The third kappa shape index (κ3) is 3.04. The van der Waals surface area contributed by atoms with E-state index in [-0.39, 0.29) is 0 Å². The van der Waals surface area contributed by atoms with E-state index in [4.69, 9.17) is 0 Å². The zero-order chi connectivity index (χ0) is 13.0. The van der Waals surface area contributed by atoms with Crippen LogP contribution in [0.4, 0.5) is 5.69 Å². The van der Waals surface area contributed by atoms with Crippen molar-refractivity contribution >= 4 is 5.69 Å². The van der Waals surface area contributed by atoms with Gasteiger partial charge in [-0.3, -0.25) is 0 Å². The Labute approximate surface area is 111 Å². The Morgan fingerprint density at radius 1 is 1.28 bits per heavy atom. The molecule has 2 rings (SSSR count). The highest BCUT2D eigenvalue weighted by Crippen LogP contribution is 2.25. The Bertz CT molecular complexity index is 466. The molecule has 0 bridgehead atoms. The number of nitrogens with one attached hydrogen (secondary N) is 1. The molecule has 1 aromatic rings. The molecule has 1 nitrogen and oxygen atoms in total. The highest BCUT2D eigenvalue weighted by molar-refractivity contribution is 5.53. The Morgan fingerprint density at radius 2 is 2.11 bits per heavy atom. The van der Waals surface area contributed by atoms with Gasteiger partial charge in [-0.15, -0.1) is 0 Å². The van der Waals surface area contributed by atoms with E-state index in [0.717, 1.165) is 19.3 Å². The number of allylic oxidation sites excluding steroid dienone is 4. The molecule has 1 aliphatic carbocycles. The van der Waals surface area contributed by atoms with Crippen LogP contribution in [0.1, 0.15) is 50.7 Å². The van der Waals surface area contributed by atoms with Gasteiger partial charge in [0.2, 0.25) is 0 Å². The van der Waals surface area contributed by atoms with Crippen LogP contribution in [0.5, 0.6) is 0 Å². The van der Waals surface area contributed by atoms with Crippen LogP contribution >= 0.6 is 0 Å². The molecule has 0 atom stereocenters. The lowest BCUT2D eigenvalue weighted by molar-refractivity contribution is 0.844. The number of rotatable bonds is 4. The standard InChI is InChI=1S/C17H23N/c1-4-14-10-11-16(12-17(14)13(2)3)18-15-8-6-5-7-9-15/h5-6,8,10-13,18H,4,7,9H2,1-3H3. The summed E-state index contributed by atoms with van der Waals surface area (Å²) in [6.45, 7) is 6.75. The topological polar surface area (TPSA) is 12.0 Å². The second kappa shape index (κ2) is 5.90. The van der Waals surface area contributed by atoms with Gasteiger partial charge >= 0.3 is 0 Å². The number of anilines is 1. The van der Waals surface area contributed by atoms with Gasteiger partial charge in [0.05, 0.1) is 0 Å². The summed E-state index contributed by atoms with van der Waals surface area (Å²) in [5.74, 6) is 0.585. The van der Waals surface area contributed by atoms with Crippen molar-refractivity contribution in [3.8, 4) is 0 Å². The van der Waals surface area contributed by atoms with E-state index in [1.54, 1.807) is 0 Å². The summed E-state index contributed by atoms with van der Waals surface area (Å²) in [6.07, 6.45) is 9.89. The second-order valence-electron chi connectivity index (χ2n) is 5.21. The van der Waals surface area contributed by atoms with Crippen molar-refractivity contribution < 1.29 is 0 Å². The van der Waals surface area contributed by atoms with E-state index in [1.807, 2.05) is 0 Å². The van der Waals surface area contributed by atoms with Crippen molar-refractivity contribution in [2.75, 3.05) is 5.32 Å². The largest absolute Gasteiger partial charge is 0.359 e. The molecule has 96 valence electrons. The maximum absolute atomic E-state index is 3.54. The van der Waals surface area contributed by atoms with Crippen LogP contribution in [0.3, 0.4) is 0 Å². The van der Waals surface area contributed by atoms with Gasteiger partial charge in [-0.05, 0) is 54.5 Å². The Kier molecular flexibility index (Phi) is 4.24. The lowest BCUT2D eigenvalue weighted by atomic mass is 9.95. The predicted molar refractivity (Wildman–Crippen MR) is 80.0 cm³/mol. The molecular formula is C17H23N. The zero-order valence-electron chi connectivity index (χ0n) is 11.7. The number of hydrogen-bond acceptors (Lipinski definition) is 1. The van der Waals surface area contributed by atoms with Crippen molar-refractivity contribution in [1.29, 1.82) is 0 Å².